The normalized spacial score (nSPS) is 13.0. The number of halogens is 1. The van der Waals surface area contributed by atoms with E-state index in [0.717, 1.165) is 0 Å². The number of benzene rings is 1. The Morgan fingerprint density at radius 3 is 2.18 bits per heavy atom. The highest BCUT2D eigenvalue weighted by Gasteiger charge is 2.30. The van der Waals surface area contributed by atoms with Crippen molar-refractivity contribution in [1.29, 1.82) is 0 Å². The fourth-order valence-corrected chi connectivity index (χ4v) is 3.92. The quantitative estimate of drug-likeness (QED) is 0.730. The van der Waals surface area contributed by atoms with Gasteiger partial charge >= 0.3 is 5.97 Å². The monoisotopic (exact) mass is 395 g/mol. The minimum Gasteiger partial charge on any atom is -0.495 e. The van der Waals surface area contributed by atoms with E-state index in [-0.39, 0.29) is 10.6 Å². The number of hydrogen-bond donors (Lipinski definition) is 2. The highest BCUT2D eigenvalue weighted by Crippen LogP contribution is 2.35. The molecule has 0 fully saturated rings. The van der Waals surface area contributed by atoms with Crippen LogP contribution in [0.4, 0.5) is 0 Å². The van der Waals surface area contributed by atoms with E-state index in [9.17, 15) is 13.2 Å². The third-order valence-electron chi connectivity index (χ3n) is 2.94. The lowest BCUT2D eigenvalue weighted by atomic mass is 10.1. The van der Waals surface area contributed by atoms with Crippen LogP contribution in [0, 0.1) is 5.92 Å². The van der Waals surface area contributed by atoms with Gasteiger partial charge in [0.2, 0.25) is 10.0 Å². The molecule has 9 heteroatoms. The van der Waals surface area contributed by atoms with Crippen molar-refractivity contribution in [3.8, 4) is 11.5 Å². The second-order valence-electron chi connectivity index (χ2n) is 4.82. The van der Waals surface area contributed by atoms with E-state index >= 15 is 0 Å². The number of carboxylic acid groups (broad SMARTS) is 1. The van der Waals surface area contributed by atoms with E-state index in [1.807, 2.05) is 0 Å². The van der Waals surface area contributed by atoms with Crippen molar-refractivity contribution in [2.75, 3.05) is 14.2 Å². The molecular weight excluding hydrogens is 378 g/mol. The van der Waals surface area contributed by atoms with E-state index < -0.39 is 28.0 Å². The molecule has 0 heterocycles. The van der Waals surface area contributed by atoms with E-state index in [4.69, 9.17) is 14.6 Å². The summed E-state index contributed by atoms with van der Waals surface area (Å²) in [5.74, 6) is -1.21. The molecule has 1 rings (SSSR count). The number of nitrogens with one attached hydrogen (secondary N) is 1. The van der Waals surface area contributed by atoms with Gasteiger partial charge in [-0.15, -0.1) is 0 Å². The Morgan fingerprint density at radius 2 is 1.77 bits per heavy atom. The van der Waals surface area contributed by atoms with Crippen LogP contribution in [0.25, 0.3) is 0 Å². The summed E-state index contributed by atoms with van der Waals surface area (Å²) in [4.78, 5) is 11.0. The predicted octanol–water partition coefficient (Wildman–Crippen LogP) is 1.85. The highest BCUT2D eigenvalue weighted by molar-refractivity contribution is 9.10. The number of ether oxygens (including phenoxy) is 2. The standard InChI is InChI=1S/C13H18BrNO6S/c1-7(2)12(13(16)17)15-22(18,19)11-5-8(14)9(20-3)6-10(11)21-4/h5-7,12,15H,1-4H3,(H,16,17)/t12-/m0/s1. The van der Waals surface area contributed by atoms with Crippen LogP contribution in [0.5, 0.6) is 11.5 Å². The summed E-state index contributed by atoms with van der Waals surface area (Å²) in [7, 11) is -1.33. The molecule has 0 aliphatic carbocycles. The minimum atomic E-state index is -4.08. The van der Waals surface area contributed by atoms with Crippen LogP contribution >= 0.6 is 15.9 Å². The first kappa shape index (κ1) is 18.7. The summed E-state index contributed by atoms with van der Waals surface area (Å²) in [6.45, 7) is 3.23. The summed E-state index contributed by atoms with van der Waals surface area (Å²) in [6.07, 6.45) is 0. The molecule has 0 radical (unpaired) electrons. The molecule has 0 amide bonds. The highest BCUT2D eigenvalue weighted by atomic mass is 79.9. The molecule has 0 saturated heterocycles. The zero-order chi connectivity index (χ0) is 17.1. The van der Waals surface area contributed by atoms with Crippen molar-refractivity contribution >= 4 is 31.9 Å². The Kier molecular flexibility index (Phi) is 6.21. The van der Waals surface area contributed by atoms with Gasteiger partial charge in [0.25, 0.3) is 0 Å². The number of carbonyl (C=O) groups is 1. The molecule has 22 heavy (non-hydrogen) atoms. The zero-order valence-electron chi connectivity index (χ0n) is 12.6. The maximum Gasteiger partial charge on any atom is 0.322 e. The minimum absolute atomic E-state index is 0.0560. The van der Waals surface area contributed by atoms with Crippen molar-refractivity contribution in [2.24, 2.45) is 5.92 Å². The van der Waals surface area contributed by atoms with E-state index in [0.29, 0.717) is 10.2 Å². The second-order valence-corrected chi connectivity index (χ2v) is 7.36. The number of carboxylic acids is 1. The second kappa shape index (κ2) is 7.30. The summed E-state index contributed by atoms with van der Waals surface area (Å²) in [5.41, 5.74) is 0. The maximum absolute atomic E-state index is 12.5. The van der Waals surface area contributed by atoms with Gasteiger partial charge in [0.15, 0.2) is 0 Å². The number of sulfonamides is 1. The number of aliphatic carboxylic acids is 1. The molecule has 1 aromatic rings. The molecule has 124 valence electrons. The molecule has 0 saturated carbocycles. The first-order valence-corrected chi connectivity index (χ1v) is 8.58. The Morgan fingerprint density at radius 1 is 1.23 bits per heavy atom. The Hall–Kier alpha value is -1.32. The number of hydrogen-bond acceptors (Lipinski definition) is 5. The molecule has 0 spiro atoms. The molecule has 0 unspecified atom stereocenters. The van der Waals surface area contributed by atoms with Gasteiger partial charge in [0.1, 0.15) is 22.4 Å². The zero-order valence-corrected chi connectivity index (χ0v) is 15.0. The summed E-state index contributed by atoms with van der Waals surface area (Å²) in [6, 6.07) is 1.47. The van der Waals surface area contributed by atoms with Crippen LogP contribution < -0.4 is 14.2 Å². The third-order valence-corrected chi connectivity index (χ3v) is 5.02. The first-order chi connectivity index (χ1) is 10.1. The van der Waals surface area contributed by atoms with Crippen molar-refractivity contribution in [3.63, 3.8) is 0 Å². The van der Waals surface area contributed by atoms with Crippen LogP contribution in [0.1, 0.15) is 13.8 Å². The van der Waals surface area contributed by atoms with Gasteiger partial charge in [-0.05, 0) is 27.9 Å². The topological polar surface area (TPSA) is 102 Å². The van der Waals surface area contributed by atoms with Gasteiger partial charge in [-0.1, -0.05) is 13.8 Å². The lowest BCUT2D eigenvalue weighted by molar-refractivity contribution is -0.140. The molecule has 0 aliphatic rings. The fourth-order valence-electron chi connectivity index (χ4n) is 1.74. The Balaban J connectivity index is 3.33. The van der Waals surface area contributed by atoms with Gasteiger partial charge in [0, 0.05) is 6.07 Å². The average Bonchev–Trinajstić information content (AvgIpc) is 2.43. The number of methoxy groups -OCH3 is 2. The van der Waals surface area contributed by atoms with E-state index in [1.54, 1.807) is 13.8 Å². The molecule has 1 atom stereocenters. The molecule has 7 nitrogen and oxygen atoms in total. The van der Waals surface area contributed by atoms with E-state index in [2.05, 4.69) is 20.7 Å². The van der Waals surface area contributed by atoms with Gasteiger partial charge < -0.3 is 14.6 Å². The van der Waals surface area contributed by atoms with Crippen LogP contribution in [0.15, 0.2) is 21.5 Å². The van der Waals surface area contributed by atoms with Crippen LogP contribution in [-0.2, 0) is 14.8 Å². The molecule has 2 N–H and O–H groups in total. The summed E-state index contributed by atoms with van der Waals surface area (Å²) < 4.78 is 37.7. The molecule has 0 aliphatic heterocycles. The predicted molar refractivity (Wildman–Crippen MR) is 83.8 cm³/mol. The van der Waals surface area contributed by atoms with Crippen molar-refractivity contribution in [3.05, 3.63) is 16.6 Å². The lowest BCUT2D eigenvalue weighted by Crippen LogP contribution is -2.44. The smallest absolute Gasteiger partial charge is 0.322 e. The van der Waals surface area contributed by atoms with Gasteiger partial charge in [-0.25, -0.2) is 8.42 Å². The molecular formula is C13H18BrNO6S. The Labute approximate surface area is 137 Å². The van der Waals surface area contributed by atoms with Crippen LogP contribution in [-0.4, -0.2) is 39.8 Å². The van der Waals surface area contributed by atoms with Crippen LogP contribution in [0.2, 0.25) is 0 Å². The number of rotatable bonds is 7. The third kappa shape index (κ3) is 4.11. The van der Waals surface area contributed by atoms with Crippen molar-refractivity contribution in [2.45, 2.75) is 24.8 Å². The van der Waals surface area contributed by atoms with Crippen molar-refractivity contribution < 1.29 is 27.8 Å². The molecule has 0 aromatic heterocycles. The summed E-state index contributed by atoms with van der Waals surface area (Å²) >= 11 is 3.20. The van der Waals surface area contributed by atoms with Gasteiger partial charge in [-0.3, -0.25) is 4.79 Å². The van der Waals surface area contributed by atoms with Gasteiger partial charge in [-0.2, -0.15) is 4.72 Å². The fraction of sp³-hybridized carbons (Fsp3) is 0.462. The Bertz CT molecular complexity index is 659. The molecule has 1 aromatic carbocycles. The van der Waals surface area contributed by atoms with Gasteiger partial charge in [0.05, 0.1) is 18.7 Å². The molecule has 0 bridgehead atoms. The average molecular weight is 396 g/mol. The maximum atomic E-state index is 12.5. The first-order valence-electron chi connectivity index (χ1n) is 6.30. The van der Waals surface area contributed by atoms with Crippen LogP contribution in [0.3, 0.4) is 0 Å². The SMILES string of the molecule is COc1cc(OC)c(S(=O)(=O)N[C@H](C(=O)O)C(C)C)cc1Br. The lowest BCUT2D eigenvalue weighted by Gasteiger charge is -2.19. The van der Waals surface area contributed by atoms with Crippen molar-refractivity contribution in [1.82, 2.24) is 4.72 Å². The summed E-state index contributed by atoms with van der Waals surface area (Å²) in [5, 5.41) is 9.13. The largest absolute Gasteiger partial charge is 0.495 e. The van der Waals surface area contributed by atoms with E-state index in [1.165, 1.54) is 26.4 Å².